The molecule has 0 aliphatic rings. The van der Waals surface area contributed by atoms with Crippen molar-refractivity contribution in [2.24, 2.45) is 0 Å². The van der Waals surface area contributed by atoms with Crippen molar-refractivity contribution < 1.29 is 28.6 Å². The fourth-order valence-electron chi connectivity index (χ4n) is 9.36. The van der Waals surface area contributed by atoms with Crippen LogP contribution < -0.4 is 0 Å². The van der Waals surface area contributed by atoms with Crippen molar-refractivity contribution in [1.29, 1.82) is 0 Å². The standard InChI is InChI=1S/C69H122O6/c1-4-7-10-13-16-19-22-24-26-28-30-32-34-35-36-38-39-41-43-45-47-50-53-56-59-62-68(71)74-65-66(64-73-67(70)61-58-55-52-49-21-18-15-12-9-6-3)75-69(72)63-60-57-54-51-48-46-44-42-40-37-33-31-29-27-25-23-20-17-14-11-8-5-2/h7,10,12,15-16,19,24,26,30,32,35-36,66H,4-6,8-9,11,13-14,17-18,20-23,25,27-29,31,33-34,37-65H2,1-3H3/b10-7-,15-12-,19-16-,26-24-,32-30-,36-35-. The highest BCUT2D eigenvalue weighted by Gasteiger charge is 2.19. The largest absolute Gasteiger partial charge is 0.462 e. The third-order valence-electron chi connectivity index (χ3n) is 14.2. The summed E-state index contributed by atoms with van der Waals surface area (Å²) in [7, 11) is 0. The maximum absolute atomic E-state index is 12.9. The normalized spacial score (nSPS) is 12.5. The van der Waals surface area contributed by atoms with Crippen LogP contribution in [0.15, 0.2) is 72.9 Å². The Morgan fingerprint density at radius 3 is 0.880 bits per heavy atom. The average Bonchev–Trinajstić information content (AvgIpc) is 3.41. The van der Waals surface area contributed by atoms with Gasteiger partial charge in [-0.25, -0.2) is 0 Å². The fourth-order valence-corrected chi connectivity index (χ4v) is 9.36. The van der Waals surface area contributed by atoms with Gasteiger partial charge in [-0.2, -0.15) is 0 Å². The van der Waals surface area contributed by atoms with Crippen molar-refractivity contribution in [2.75, 3.05) is 13.2 Å². The lowest BCUT2D eigenvalue weighted by atomic mass is 10.0. The van der Waals surface area contributed by atoms with Gasteiger partial charge < -0.3 is 14.2 Å². The van der Waals surface area contributed by atoms with E-state index in [1.54, 1.807) is 0 Å². The van der Waals surface area contributed by atoms with E-state index in [1.807, 2.05) is 0 Å². The predicted molar refractivity (Wildman–Crippen MR) is 325 cm³/mol. The molecule has 0 aromatic heterocycles. The van der Waals surface area contributed by atoms with Gasteiger partial charge in [-0.1, -0.05) is 299 Å². The van der Waals surface area contributed by atoms with Crippen LogP contribution in [0.2, 0.25) is 0 Å². The molecule has 0 rings (SSSR count). The third-order valence-corrected chi connectivity index (χ3v) is 14.2. The third kappa shape index (κ3) is 61.6. The summed E-state index contributed by atoms with van der Waals surface area (Å²) in [5, 5.41) is 0. The number of hydrogen-bond donors (Lipinski definition) is 0. The number of hydrogen-bond acceptors (Lipinski definition) is 6. The van der Waals surface area contributed by atoms with Crippen molar-refractivity contribution in [2.45, 2.75) is 335 Å². The van der Waals surface area contributed by atoms with Crippen LogP contribution in [0.1, 0.15) is 329 Å². The Labute approximate surface area is 465 Å². The van der Waals surface area contributed by atoms with Crippen molar-refractivity contribution >= 4 is 17.9 Å². The number of esters is 3. The highest BCUT2D eigenvalue weighted by atomic mass is 16.6. The van der Waals surface area contributed by atoms with Gasteiger partial charge in [0.05, 0.1) is 0 Å². The second-order valence-corrected chi connectivity index (χ2v) is 21.6. The minimum absolute atomic E-state index is 0.0784. The van der Waals surface area contributed by atoms with Gasteiger partial charge in [0.15, 0.2) is 6.10 Å². The molecule has 0 aromatic carbocycles. The summed E-state index contributed by atoms with van der Waals surface area (Å²) >= 11 is 0. The zero-order chi connectivity index (χ0) is 54.3. The molecule has 0 fully saturated rings. The van der Waals surface area contributed by atoms with Gasteiger partial charge in [0.1, 0.15) is 13.2 Å². The van der Waals surface area contributed by atoms with Crippen LogP contribution in [-0.2, 0) is 28.6 Å². The van der Waals surface area contributed by atoms with E-state index in [0.717, 1.165) is 109 Å². The molecule has 6 heteroatoms. The molecule has 6 nitrogen and oxygen atoms in total. The molecular weight excluding hydrogens is 925 g/mol. The van der Waals surface area contributed by atoms with Crippen LogP contribution in [0.3, 0.4) is 0 Å². The second-order valence-electron chi connectivity index (χ2n) is 21.6. The molecule has 0 amide bonds. The summed E-state index contributed by atoms with van der Waals surface area (Å²) in [6, 6.07) is 0. The number of carbonyl (C=O) groups is 3. The summed E-state index contributed by atoms with van der Waals surface area (Å²) in [5.41, 5.74) is 0. The summed E-state index contributed by atoms with van der Waals surface area (Å²) in [6.45, 7) is 6.50. The van der Waals surface area contributed by atoms with Crippen LogP contribution >= 0.6 is 0 Å². The molecular formula is C69H122O6. The van der Waals surface area contributed by atoms with Gasteiger partial charge in [-0.05, 0) is 83.5 Å². The zero-order valence-corrected chi connectivity index (χ0v) is 49.8. The Hall–Kier alpha value is -3.15. The molecule has 0 saturated carbocycles. The van der Waals surface area contributed by atoms with Gasteiger partial charge in [0.2, 0.25) is 0 Å². The highest BCUT2D eigenvalue weighted by molar-refractivity contribution is 5.71. The maximum Gasteiger partial charge on any atom is 0.306 e. The molecule has 0 radical (unpaired) electrons. The lowest BCUT2D eigenvalue weighted by Crippen LogP contribution is -2.30. The molecule has 0 aliphatic heterocycles. The first-order valence-corrected chi connectivity index (χ1v) is 32.4. The maximum atomic E-state index is 12.9. The lowest BCUT2D eigenvalue weighted by molar-refractivity contribution is -0.167. The van der Waals surface area contributed by atoms with E-state index in [2.05, 4.69) is 93.7 Å². The van der Waals surface area contributed by atoms with E-state index < -0.39 is 6.10 Å². The molecule has 1 unspecified atom stereocenters. The minimum atomic E-state index is -0.780. The smallest absolute Gasteiger partial charge is 0.306 e. The molecule has 0 spiro atoms. The minimum Gasteiger partial charge on any atom is -0.462 e. The van der Waals surface area contributed by atoms with Crippen LogP contribution in [0, 0.1) is 0 Å². The quantitative estimate of drug-likeness (QED) is 0.0261. The fraction of sp³-hybridized carbons (Fsp3) is 0.783. The molecule has 0 saturated heterocycles. The van der Waals surface area contributed by atoms with E-state index in [-0.39, 0.29) is 31.1 Å². The Balaban J connectivity index is 4.23. The summed E-state index contributed by atoms with van der Waals surface area (Å²) in [4.78, 5) is 38.2. The van der Waals surface area contributed by atoms with Crippen molar-refractivity contribution in [3.63, 3.8) is 0 Å². The van der Waals surface area contributed by atoms with Gasteiger partial charge in [0, 0.05) is 19.3 Å². The summed E-state index contributed by atoms with van der Waals surface area (Å²) < 4.78 is 16.9. The van der Waals surface area contributed by atoms with E-state index >= 15 is 0 Å². The van der Waals surface area contributed by atoms with Crippen molar-refractivity contribution in [1.82, 2.24) is 0 Å². The number of allylic oxidation sites excluding steroid dienone is 12. The number of unbranched alkanes of at least 4 members (excludes halogenated alkanes) is 36. The molecule has 0 bridgehead atoms. The Morgan fingerprint density at radius 1 is 0.280 bits per heavy atom. The first kappa shape index (κ1) is 71.8. The molecule has 0 heterocycles. The van der Waals surface area contributed by atoms with E-state index in [4.69, 9.17) is 14.2 Å². The first-order chi connectivity index (χ1) is 37.0. The number of carbonyl (C=O) groups excluding carboxylic acids is 3. The molecule has 0 N–H and O–H groups in total. The second kappa shape index (κ2) is 63.4. The molecule has 75 heavy (non-hydrogen) atoms. The number of ether oxygens (including phenoxy) is 3. The lowest BCUT2D eigenvalue weighted by Gasteiger charge is -2.18. The van der Waals surface area contributed by atoms with E-state index in [1.165, 1.54) is 180 Å². The predicted octanol–water partition coefficient (Wildman–Crippen LogP) is 22.1. The molecule has 434 valence electrons. The monoisotopic (exact) mass is 1050 g/mol. The van der Waals surface area contributed by atoms with Crippen molar-refractivity contribution in [3.8, 4) is 0 Å². The Morgan fingerprint density at radius 2 is 0.547 bits per heavy atom. The van der Waals surface area contributed by atoms with Gasteiger partial charge in [-0.15, -0.1) is 0 Å². The topological polar surface area (TPSA) is 78.9 Å². The first-order valence-electron chi connectivity index (χ1n) is 32.4. The van der Waals surface area contributed by atoms with Crippen LogP contribution in [0.5, 0.6) is 0 Å². The van der Waals surface area contributed by atoms with E-state index in [9.17, 15) is 14.4 Å². The molecule has 1 atom stereocenters. The SMILES string of the molecule is CC/C=C\C/C=C\C/C=C\C/C=C\C/C=C\CCCCCCCCCCCC(=O)OCC(COC(=O)CCCCCCC/C=C\CCC)OC(=O)CCCCCCCCCCCCCCCCCCCCCCCC. The van der Waals surface area contributed by atoms with Crippen molar-refractivity contribution in [3.05, 3.63) is 72.9 Å². The van der Waals surface area contributed by atoms with E-state index in [0.29, 0.717) is 19.3 Å². The number of rotatable bonds is 59. The summed E-state index contributed by atoms with van der Waals surface area (Å²) in [5.74, 6) is -0.878. The molecule has 0 aliphatic carbocycles. The summed E-state index contributed by atoms with van der Waals surface area (Å²) in [6.07, 6.45) is 82.1. The van der Waals surface area contributed by atoms with Gasteiger partial charge in [-0.3, -0.25) is 14.4 Å². The van der Waals surface area contributed by atoms with Gasteiger partial charge in [0.25, 0.3) is 0 Å². The highest BCUT2D eigenvalue weighted by Crippen LogP contribution is 2.17. The Bertz CT molecular complexity index is 1390. The zero-order valence-electron chi connectivity index (χ0n) is 49.8. The Kier molecular flexibility index (Phi) is 60.7. The van der Waals surface area contributed by atoms with Crippen LogP contribution in [-0.4, -0.2) is 37.2 Å². The van der Waals surface area contributed by atoms with Gasteiger partial charge >= 0.3 is 17.9 Å². The van der Waals surface area contributed by atoms with Crippen LogP contribution in [0.4, 0.5) is 0 Å². The average molecular weight is 1050 g/mol. The van der Waals surface area contributed by atoms with Crippen LogP contribution in [0.25, 0.3) is 0 Å². The molecule has 0 aromatic rings.